The molecule has 92 valence electrons. The zero-order chi connectivity index (χ0) is 12.3. The molecule has 1 atom stereocenters. The molecule has 1 unspecified atom stereocenters. The van der Waals surface area contributed by atoms with Crippen LogP contribution in [0.25, 0.3) is 0 Å². The summed E-state index contributed by atoms with van der Waals surface area (Å²) in [5, 5.41) is 3.01. The topological polar surface area (TPSA) is 55.1 Å². The van der Waals surface area contributed by atoms with Gasteiger partial charge in [0.2, 0.25) is 5.91 Å². The Labute approximate surface area is 102 Å². The van der Waals surface area contributed by atoms with E-state index in [1.54, 1.807) is 0 Å². The van der Waals surface area contributed by atoms with E-state index in [1.165, 1.54) is 11.1 Å². The maximum atomic E-state index is 11.8. The summed E-state index contributed by atoms with van der Waals surface area (Å²) in [5.74, 6) is 0.265. The van der Waals surface area contributed by atoms with E-state index in [1.807, 2.05) is 12.1 Å². The number of amides is 1. The van der Waals surface area contributed by atoms with Gasteiger partial charge in [0.25, 0.3) is 0 Å². The first-order valence-corrected chi connectivity index (χ1v) is 6.25. The van der Waals surface area contributed by atoms with E-state index in [0.29, 0.717) is 19.0 Å². The van der Waals surface area contributed by atoms with E-state index in [4.69, 9.17) is 5.73 Å². The third-order valence-electron chi connectivity index (χ3n) is 3.29. The fraction of sp³-hybridized carbons (Fsp3) is 0.500. The SMILES string of the molecule is Cc1ccccc1C(CN)CC(=O)NC1CC1. The molecule has 1 aromatic carbocycles. The van der Waals surface area contributed by atoms with Gasteiger partial charge < -0.3 is 11.1 Å². The van der Waals surface area contributed by atoms with Crippen LogP contribution in [0.3, 0.4) is 0 Å². The van der Waals surface area contributed by atoms with Crippen LogP contribution in [0.1, 0.15) is 36.3 Å². The highest BCUT2D eigenvalue weighted by Crippen LogP contribution is 2.23. The second-order valence-corrected chi connectivity index (χ2v) is 4.84. The Hall–Kier alpha value is -1.35. The van der Waals surface area contributed by atoms with Crippen molar-refractivity contribution in [3.8, 4) is 0 Å². The maximum absolute atomic E-state index is 11.8. The lowest BCUT2D eigenvalue weighted by atomic mass is 9.92. The summed E-state index contributed by atoms with van der Waals surface area (Å²) in [4.78, 5) is 11.8. The summed E-state index contributed by atoms with van der Waals surface area (Å²) < 4.78 is 0. The van der Waals surface area contributed by atoms with E-state index in [9.17, 15) is 4.79 Å². The van der Waals surface area contributed by atoms with Crippen molar-refractivity contribution < 1.29 is 4.79 Å². The number of carbonyl (C=O) groups excluding carboxylic acids is 1. The molecule has 3 heteroatoms. The van der Waals surface area contributed by atoms with Crippen LogP contribution in [0.5, 0.6) is 0 Å². The van der Waals surface area contributed by atoms with Crippen molar-refractivity contribution in [3.63, 3.8) is 0 Å². The van der Waals surface area contributed by atoms with Crippen LogP contribution < -0.4 is 11.1 Å². The van der Waals surface area contributed by atoms with Gasteiger partial charge in [-0.3, -0.25) is 4.79 Å². The van der Waals surface area contributed by atoms with Crippen molar-refractivity contribution in [2.45, 2.75) is 38.1 Å². The molecule has 0 aromatic heterocycles. The Morgan fingerprint density at radius 2 is 2.18 bits per heavy atom. The molecule has 0 radical (unpaired) electrons. The van der Waals surface area contributed by atoms with E-state index in [2.05, 4.69) is 24.4 Å². The van der Waals surface area contributed by atoms with Gasteiger partial charge in [0, 0.05) is 18.4 Å². The number of hydrogen-bond donors (Lipinski definition) is 2. The standard InChI is InChI=1S/C14H20N2O/c1-10-4-2-3-5-13(10)11(9-15)8-14(17)16-12-6-7-12/h2-5,11-12H,6-9,15H2,1H3,(H,16,17). The molecule has 0 bridgehead atoms. The fourth-order valence-electron chi connectivity index (χ4n) is 2.10. The van der Waals surface area contributed by atoms with Gasteiger partial charge in [-0.25, -0.2) is 0 Å². The van der Waals surface area contributed by atoms with Crippen LogP contribution in [0.2, 0.25) is 0 Å². The highest BCUT2D eigenvalue weighted by atomic mass is 16.1. The first-order chi connectivity index (χ1) is 8.20. The molecular weight excluding hydrogens is 212 g/mol. The first kappa shape index (κ1) is 12.1. The molecule has 0 spiro atoms. The minimum atomic E-state index is 0.131. The Balaban J connectivity index is 2.00. The summed E-state index contributed by atoms with van der Waals surface area (Å²) >= 11 is 0. The van der Waals surface area contributed by atoms with Crippen molar-refractivity contribution in [2.24, 2.45) is 5.73 Å². The predicted octanol–water partition coefficient (Wildman–Crippen LogP) is 1.71. The van der Waals surface area contributed by atoms with Crippen molar-refractivity contribution in [2.75, 3.05) is 6.54 Å². The van der Waals surface area contributed by atoms with E-state index in [-0.39, 0.29) is 11.8 Å². The maximum Gasteiger partial charge on any atom is 0.220 e. The molecule has 0 aliphatic heterocycles. The lowest BCUT2D eigenvalue weighted by molar-refractivity contribution is -0.121. The first-order valence-electron chi connectivity index (χ1n) is 6.25. The van der Waals surface area contributed by atoms with Gasteiger partial charge in [-0.1, -0.05) is 24.3 Å². The Bertz CT molecular complexity index is 399. The van der Waals surface area contributed by atoms with E-state index < -0.39 is 0 Å². The van der Waals surface area contributed by atoms with Crippen LogP contribution in [0.4, 0.5) is 0 Å². The third kappa shape index (κ3) is 3.30. The number of rotatable bonds is 5. The largest absolute Gasteiger partial charge is 0.353 e. The van der Waals surface area contributed by atoms with Crippen LogP contribution in [-0.2, 0) is 4.79 Å². The molecule has 3 nitrogen and oxygen atoms in total. The van der Waals surface area contributed by atoms with Gasteiger partial charge in [-0.05, 0) is 37.4 Å². The molecule has 1 aromatic rings. The van der Waals surface area contributed by atoms with Crippen molar-refractivity contribution in [3.05, 3.63) is 35.4 Å². The van der Waals surface area contributed by atoms with Gasteiger partial charge in [0.15, 0.2) is 0 Å². The minimum absolute atomic E-state index is 0.131. The third-order valence-corrected chi connectivity index (χ3v) is 3.29. The summed E-state index contributed by atoms with van der Waals surface area (Å²) in [6.07, 6.45) is 2.75. The van der Waals surface area contributed by atoms with E-state index >= 15 is 0 Å². The van der Waals surface area contributed by atoms with Gasteiger partial charge >= 0.3 is 0 Å². The lowest BCUT2D eigenvalue weighted by Gasteiger charge is -2.17. The van der Waals surface area contributed by atoms with Crippen LogP contribution >= 0.6 is 0 Å². The smallest absolute Gasteiger partial charge is 0.220 e. The van der Waals surface area contributed by atoms with Crippen LogP contribution in [0, 0.1) is 6.92 Å². The number of aryl methyl sites for hydroxylation is 1. The zero-order valence-corrected chi connectivity index (χ0v) is 10.3. The number of hydrogen-bond acceptors (Lipinski definition) is 2. The molecule has 2 rings (SSSR count). The molecule has 1 amide bonds. The molecule has 1 aliphatic carbocycles. The van der Waals surface area contributed by atoms with Crippen molar-refractivity contribution in [1.82, 2.24) is 5.32 Å². The van der Waals surface area contributed by atoms with Crippen molar-refractivity contribution in [1.29, 1.82) is 0 Å². The zero-order valence-electron chi connectivity index (χ0n) is 10.3. The van der Waals surface area contributed by atoms with Gasteiger partial charge in [-0.15, -0.1) is 0 Å². The average molecular weight is 232 g/mol. The molecule has 0 heterocycles. The number of benzene rings is 1. The summed E-state index contributed by atoms with van der Waals surface area (Å²) in [5.41, 5.74) is 8.19. The molecule has 3 N–H and O–H groups in total. The van der Waals surface area contributed by atoms with E-state index in [0.717, 1.165) is 12.8 Å². The summed E-state index contributed by atoms with van der Waals surface area (Å²) in [7, 11) is 0. The Kier molecular flexibility index (Phi) is 3.79. The highest BCUT2D eigenvalue weighted by Gasteiger charge is 2.24. The minimum Gasteiger partial charge on any atom is -0.353 e. The second-order valence-electron chi connectivity index (χ2n) is 4.84. The normalized spacial score (nSPS) is 16.6. The molecule has 1 saturated carbocycles. The van der Waals surface area contributed by atoms with Gasteiger partial charge in [0.05, 0.1) is 0 Å². The van der Waals surface area contributed by atoms with Crippen LogP contribution in [-0.4, -0.2) is 18.5 Å². The molecular formula is C14H20N2O. The Morgan fingerprint density at radius 3 is 2.76 bits per heavy atom. The highest BCUT2D eigenvalue weighted by molar-refractivity contribution is 5.77. The number of nitrogens with one attached hydrogen (secondary N) is 1. The van der Waals surface area contributed by atoms with Gasteiger partial charge in [0.1, 0.15) is 0 Å². The number of carbonyl (C=O) groups is 1. The Morgan fingerprint density at radius 1 is 1.47 bits per heavy atom. The summed E-state index contributed by atoms with van der Waals surface area (Å²) in [6.45, 7) is 2.58. The average Bonchev–Trinajstić information content (AvgIpc) is 3.11. The number of nitrogens with two attached hydrogens (primary N) is 1. The van der Waals surface area contributed by atoms with Gasteiger partial charge in [-0.2, -0.15) is 0 Å². The summed E-state index contributed by atoms with van der Waals surface area (Å²) in [6, 6.07) is 8.58. The molecule has 17 heavy (non-hydrogen) atoms. The van der Waals surface area contributed by atoms with Crippen LogP contribution in [0.15, 0.2) is 24.3 Å². The fourth-order valence-corrected chi connectivity index (χ4v) is 2.10. The second kappa shape index (κ2) is 5.32. The quantitative estimate of drug-likeness (QED) is 0.812. The monoisotopic (exact) mass is 232 g/mol. The molecule has 0 saturated heterocycles. The predicted molar refractivity (Wildman–Crippen MR) is 68.8 cm³/mol. The molecule has 1 aliphatic rings. The lowest BCUT2D eigenvalue weighted by Crippen LogP contribution is -2.29. The molecule has 1 fully saturated rings. The van der Waals surface area contributed by atoms with Crippen molar-refractivity contribution >= 4 is 5.91 Å².